The van der Waals surface area contributed by atoms with Crippen LogP contribution in [0.1, 0.15) is 11.1 Å². The van der Waals surface area contributed by atoms with Crippen LogP contribution in [0.2, 0.25) is 10.0 Å². The van der Waals surface area contributed by atoms with Crippen molar-refractivity contribution in [1.82, 2.24) is 4.57 Å². The minimum Gasteiger partial charge on any atom is -0.495 e. The molecule has 0 unspecified atom stereocenters. The first kappa shape index (κ1) is 22.5. The first-order valence-electron chi connectivity index (χ1n) is 10.1. The number of para-hydroxylation sites is 1. The molecular formula is C26H19Cl2N3O2. The van der Waals surface area contributed by atoms with E-state index in [4.69, 9.17) is 27.9 Å². The van der Waals surface area contributed by atoms with Gasteiger partial charge in [-0.1, -0.05) is 53.5 Å². The molecule has 0 fully saturated rings. The highest BCUT2D eigenvalue weighted by Gasteiger charge is 2.15. The Balaban J connectivity index is 1.68. The number of carbonyl (C=O) groups excluding carboxylic acids is 1. The van der Waals surface area contributed by atoms with Gasteiger partial charge in [-0.25, -0.2) is 0 Å². The number of fused-ring (bicyclic) bond motifs is 1. The van der Waals surface area contributed by atoms with Crippen LogP contribution in [0.25, 0.3) is 17.0 Å². The van der Waals surface area contributed by atoms with E-state index in [0.29, 0.717) is 28.0 Å². The smallest absolute Gasteiger partial charge is 0.266 e. The number of rotatable bonds is 6. The highest BCUT2D eigenvalue weighted by Crippen LogP contribution is 2.29. The molecule has 1 amide bonds. The second-order valence-corrected chi connectivity index (χ2v) is 8.20. The summed E-state index contributed by atoms with van der Waals surface area (Å²) < 4.78 is 7.35. The molecule has 0 aliphatic carbocycles. The second-order valence-electron chi connectivity index (χ2n) is 7.32. The molecule has 3 aromatic carbocycles. The number of amides is 1. The molecule has 0 radical (unpaired) electrons. The van der Waals surface area contributed by atoms with Crippen molar-refractivity contribution >= 4 is 51.8 Å². The topological polar surface area (TPSA) is 67.0 Å². The van der Waals surface area contributed by atoms with E-state index in [2.05, 4.69) is 9.88 Å². The fourth-order valence-corrected chi connectivity index (χ4v) is 3.88. The lowest BCUT2D eigenvalue weighted by atomic mass is 10.1. The van der Waals surface area contributed by atoms with Gasteiger partial charge in [0.15, 0.2) is 0 Å². The molecule has 0 spiro atoms. The van der Waals surface area contributed by atoms with Gasteiger partial charge in [0.1, 0.15) is 17.4 Å². The Morgan fingerprint density at radius 1 is 1.09 bits per heavy atom. The summed E-state index contributed by atoms with van der Waals surface area (Å²) in [6.07, 6.45) is 3.52. The quantitative estimate of drug-likeness (QED) is 0.254. The number of ether oxygens (including phenoxy) is 1. The van der Waals surface area contributed by atoms with Crippen molar-refractivity contribution < 1.29 is 9.53 Å². The van der Waals surface area contributed by atoms with Gasteiger partial charge >= 0.3 is 0 Å². The van der Waals surface area contributed by atoms with Crippen molar-refractivity contribution in [2.75, 3.05) is 12.4 Å². The molecule has 1 heterocycles. The minimum atomic E-state index is -0.549. The second kappa shape index (κ2) is 9.83. The molecule has 0 bridgehead atoms. The Bertz CT molecular complexity index is 1400. The molecule has 0 aliphatic heterocycles. The van der Waals surface area contributed by atoms with Crippen molar-refractivity contribution in [1.29, 1.82) is 5.26 Å². The molecule has 164 valence electrons. The molecule has 33 heavy (non-hydrogen) atoms. The maximum atomic E-state index is 12.9. The molecule has 0 saturated heterocycles. The molecule has 4 aromatic rings. The van der Waals surface area contributed by atoms with Gasteiger partial charge in [-0.3, -0.25) is 4.79 Å². The van der Waals surface area contributed by atoms with Crippen LogP contribution in [0.15, 0.2) is 78.5 Å². The number of methoxy groups -OCH3 is 1. The number of nitriles is 1. The van der Waals surface area contributed by atoms with Gasteiger partial charge in [-0.2, -0.15) is 5.26 Å². The summed E-state index contributed by atoms with van der Waals surface area (Å²) in [5.41, 5.74) is 3.20. The molecule has 0 atom stereocenters. The average molecular weight is 476 g/mol. The number of nitrogens with one attached hydrogen (secondary N) is 1. The van der Waals surface area contributed by atoms with Crippen molar-refractivity contribution in [2.45, 2.75) is 6.54 Å². The lowest BCUT2D eigenvalue weighted by Gasteiger charge is -2.10. The van der Waals surface area contributed by atoms with Gasteiger partial charge in [0.2, 0.25) is 0 Å². The fourth-order valence-electron chi connectivity index (χ4n) is 3.58. The Morgan fingerprint density at radius 2 is 1.82 bits per heavy atom. The van der Waals surface area contributed by atoms with Gasteiger partial charge in [-0.15, -0.1) is 0 Å². The van der Waals surface area contributed by atoms with Crippen LogP contribution in [0.5, 0.6) is 5.75 Å². The number of carbonyl (C=O) groups is 1. The number of hydrogen-bond donors (Lipinski definition) is 1. The Labute approximate surface area is 201 Å². The zero-order valence-electron chi connectivity index (χ0n) is 17.7. The Hall–Kier alpha value is -3.72. The zero-order valence-corrected chi connectivity index (χ0v) is 19.2. The predicted molar refractivity (Wildman–Crippen MR) is 133 cm³/mol. The average Bonchev–Trinajstić information content (AvgIpc) is 3.16. The monoisotopic (exact) mass is 475 g/mol. The summed E-state index contributed by atoms with van der Waals surface area (Å²) in [4.78, 5) is 12.9. The number of nitrogens with zero attached hydrogens (tertiary/aromatic N) is 2. The third kappa shape index (κ3) is 5.04. The Kier molecular flexibility index (Phi) is 6.69. The number of hydrogen-bond acceptors (Lipinski definition) is 3. The number of anilines is 1. The molecule has 5 nitrogen and oxygen atoms in total. The third-order valence-electron chi connectivity index (χ3n) is 5.16. The van der Waals surface area contributed by atoms with Crippen molar-refractivity contribution in [3.05, 3.63) is 99.7 Å². The zero-order chi connectivity index (χ0) is 23.4. The summed E-state index contributed by atoms with van der Waals surface area (Å²) in [5, 5.41) is 14.5. The highest BCUT2D eigenvalue weighted by molar-refractivity contribution is 6.31. The van der Waals surface area contributed by atoms with Crippen molar-refractivity contribution in [2.24, 2.45) is 0 Å². The van der Waals surface area contributed by atoms with E-state index < -0.39 is 5.91 Å². The van der Waals surface area contributed by atoms with Gasteiger partial charge in [0.05, 0.1) is 12.8 Å². The standard InChI is InChI=1S/C26H19Cl2N3O2/c1-33-25-11-10-21(28)13-23(25)30-26(32)18(14-29)12-19-16-31(24-5-3-2-4-22(19)24)15-17-6-8-20(27)9-7-17/h2-13,16H,15H2,1H3,(H,30,32)/b18-12+. The van der Waals surface area contributed by atoms with Crippen LogP contribution < -0.4 is 10.1 Å². The van der Waals surface area contributed by atoms with Crippen LogP contribution in [0.3, 0.4) is 0 Å². The minimum absolute atomic E-state index is 0.0357. The molecule has 7 heteroatoms. The van der Waals surface area contributed by atoms with E-state index in [-0.39, 0.29) is 5.57 Å². The number of benzene rings is 3. The molecule has 4 rings (SSSR count). The summed E-state index contributed by atoms with van der Waals surface area (Å²) in [6.45, 7) is 0.624. The van der Waals surface area contributed by atoms with Crippen molar-refractivity contribution in [3.8, 4) is 11.8 Å². The largest absolute Gasteiger partial charge is 0.495 e. The van der Waals surface area contributed by atoms with Gasteiger partial charge in [-0.05, 0) is 48.0 Å². The van der Waals surface area contributed by atoms with E-state index >= 15 is 0 Å². The summed E-state index contributed by atoms with van der Waals surface area (Å²) in [5.74, 6) is -0.0998. The maximum absolute atomic E-state index is 12.9. The van der Waals surface area contributed by atoms with Crippen LogP contribution in [-0.2, 0) is 11.3 Å². The van der Waals surface area contributed by atoms with Gasteiger partial charge in [0.25, 0.3) is 5.91 Å². The number of halogens is 2. The van der Waals surface area contributed by atoms with E-state index in [1.54, 1.807) is 24.3 Å². The van der Waals surface area contributed by atoms with E-state index in [1.807, 2.05) is 60.8 Å². The lowest BCUT2D eigenvalue weighted by molar-refractivity contribution is -0.112. The SMILES string of the molecule is COc1ccc(Cl)cc1NC(=O)/C(C#N)=C/c1cn(Cc2ccc(Cl)cc2)c2ccccc12. The molecule has 0 saturated carbocycles. The van der Waals surface area contributed by atoms with Gasteiger partial charge < -0.3 is 14.6 Å². The van der Waals surface area contributed by atoms with Crippen LogP contribution in [0, 0.1) is 11.3 Å². The predicted octanol–water partition coefficient (Wildman–Crippen LogP) is 6.55. The van der Waals surface area contributed by atoms with E-state index in [1.165, 1.54) is 7.11 Å². The summed E-state index contributed by atoms with van der Waals surface area (Å²) in [7, 11) is 1.50. The normalized spacial score (nSPS) is 11.3. The van der Waals surface area contributed by atoms with E-state index in [0.717, 1.165) is 22.0 Å². The summed E-state index contributed by atoms with van der Waals surface area (Å²) >= 11 is 12.1. The van der Waals surface area contributed by atoms with Crippen molar-refractivity contribution in [3.63, 3.8) is 0 Å². The van der Waals surface area contributed by atoms with Crippen LogP contribution >= 0.6 is 23.2 Å². The fraction of sp³-hybridized carbons (Fsp3) is 0.0769. The molecule has 1 aromatic heterocycles. The molecular weight excluding hydrogens is 457 g/mol. The molecule has 1 N–H and O–H groups in total. The first-order chi connectivity index (χ1) is 16.0. The first-order valence-corrected chi connectivity index (χ1v) is 10.8. The van der Waals surface area contributed by atoms with Crippen LogP contribution in [-0.4, -0.2) is 17.6 Å². The Morgan fingerprint density at radius 3 is 2.55 bits per heavy atom. The van der Waals surface area contributed by atoms with E-state index in [9.17, 15) is 10.1 Å². The van der Waals surface area contributed by atoms with Gasteiger partial charge in [0, 0.05) is 39.3 Å². The highest BCUT2D eigenvalue weighted by atomic mass is 35.5. The third-order valence-corrected chi connectivity index (χ3v) is 5.65. The molecule has 0 aliphatic rings. The van der Waals surface area contributed by atoms with Crippen LogP contribution in [0.4, 0.5) is 5.69 Å². The maximum Gasteiger partial charge on any atom is 0.266 e. The lowest BCUT2D eigenvalue weighted by Crippen LogP contribution is -2.14. The number of aromatic nitrogens is 1. The summed E-state index contributed by atoms with van der Waals surface area (Å²) in [6, 6.07) is 22.4.